The van der Waals surface area contributed by atoms with Crippen molar-refractivity contribution >= 4 is 74.6 Å². The molecule has 0 saturated heterocycles. The van der Waals surface area contributed by atoms with Crippen LogP contribution in [0, 0.1) is 0 Å². The van der Waals surface area contributed by atoms with Gasteiger partial charge in [0.15, 0.2) is 5.13 Å². The van der Waals surface area contributed by atoms with Crippen molar-refractivity contribution in [3.8, 4) is 0 Å². The van der Waals surface area contributed by atoms with Gasteiger partial charge in [-0.3, -0.25) is 19.2 Å². The summed E-state index contributed by atoms with van der Waals surface area (Å²) in [6.07, 6.45) is 4.00. The highest BCUT2D eigenvalue weighted by atomic mass is 32.2. The van der Waals surface area contributed by atoms with Gasteiger partial charge in [-0.15, -0.1) is 23.1 Å². The van der Waals surface area contributed by atoms with Crippen LogP contribution in [0.25, 0.3) is 17.0 Å². The molecule has 0 aliphatic rings. The molecule has 0 radical (unpaired) electrons. The monoisotopic (exact) mass is 667 g/mol. The van der Waals surface area contributed by atoms with E-state index in [0.29, 0.717) is 35.1 Å². The van der Waals surface area contributed by atoms with Crippen molar-refractivity contribution < 1.29 is 23.9 Å². The van der Waals surface area contributed by atoms with Crippen LogP contribution in [-0.4, -0.2) is 45.5 Å². The van der Waals surface area contributed by atoms with Crippen molar-refractivity contribution in [1.29, 1.82) is 0 Å². The van der Waals surface area contributed by atoms with Gasteiger partial charge in [0.05, 0.1) is 24.0 Å². The molecule has 0 saturated carbocycles. The maximum absolute atomic E-state index is 13.6. The van der Waals surface area contributed by atoms with Crippen molar-refractivity contribution in [3.05, 3.63) is 113 Å². The molecule has 0 fully saturated rings. The Hall–Kier alpha value is -5.20. The Morgan fingerprint density at radius 1 is 0.979 bits per heavy atom. The SMILES string of the molecule is CCOC(=O)Cc1csc(NC(=O)C(CC)Sc2cccc(NC(=O)/C(=C/c3c[nH]c4ccccc34)NC(=O)c3ccccc3)c2)n1. The first-order valence-electron chi connectivity index (χ1n) is 15.0. The predicted molar refractivity (Wildman–Crippen MR) is 186 cm³/mol. The maximum atomic E-state index is 13.6. The van der Waals surface area contributed by atoms with Gasteiger partial charge in [0.25, 0.3) is 11.8 Å². The average Bonchev–Trinajstić information content (AvgIpc) is 3.70. The van der Waals surface area contributed by atoms with E-state index in [1.54, 1.807) is 67.0 Å². The van der Waals surface area contributed by atoms with Crippen molar-refractivity contribution in [2.45, 2.75) is 36.8 Å². The van der Waals surface area contributed by atoms with E-state index < -0.39 is 17.1 Å². The van der Waals surface area contributed by atoms with Crippen LogP contribution in [0.15, 0.2) is 101 Å². The Bertz CT molecular complexity index is 1920. The summed E-state index contributed by atoms with van der Waals surface area (Å²) in [5.41, 5.74) is 3.16. The van der Waals surface area contributed by atoms with E-state index in [-0.39, 0.29) is 24.0 Å². The smallest absolute Gasteiger partial charge is 0.311 e. The van der Waals surface area contributed by atoms with E-state index in [1.807, 2.05) is 43.3 Å². The number of benzene rings is 3. The topological polar surface area (TPSA) is 142 Å². The summed E-state index contributed by atoms with van der Waals surface area (Å²) in [5.74, 6) is -1.52. The van der Waals surface area contributed by atoms with Gasteiger partial charge in [0, 0.05) is 44.2 Å². The standard InChI is InChI=1S/C35H33N5O5S2/c1-3-30(34(44)40-35-38-25(21-46-35)19-31(41)45-4-2)47-26-14-10-13-24(18-26)37-33(43)29(39-32(42)22-11-6-5-7-12-22)17-23-20-36-28-16-9-8-15-27(23)28/h5-18,20-21,30,36H,3-4,19H2,1-2H3,(H,37,43)(H,39,42)(H,38,40,44)/b29-17-. The van der Waals surface area contributed by atoms with Crippen molar-refractivity contribution in [1.82, 2.24) is 15.3 Å². The third kappa shape index (κ3) is 8.96. The number of H-pyrrole nitrogens is 1. The molecule has 0 aliphatic heterocycles. The Morgan fingerprint density at radius 2 is 1.77 bits per heavy atom. The Kier molecular flexibility index (Phi) is 11.2. The van der Waals surface area contributed by atoms with Gasteiger partial charge in [0.2, 0.25) is 5.91 Å². The van der Waals surface area contributed by atoms with Crippen molar-refractivity contribution in [2.75, 3.05) is 17.2 Å². The van der Waals surface area contributed by atoms with Crippen LogP contribution in [0.5, 0.6) is 0 Å². The summed E-state index contributed by atoms with van der Waals surface area (Å²) in [6, 6.07) is 23.5. The molecule has 47 heavy (non-hydrogen) atoms. The fourth-order valence-corrected chi connectivity index (χ4v) is 6.36. The lowest BCUT2D eigenvalue weighted by atomic mass is 10.1. The largest absolute Gasteiger partial charge is 0.466 e. The molecule has 10 nitrogen and oxygen atoms in total. The summed E-state index contributed by atoms with van der Waals surface area (Å²) < 4.78 is 4.96. The molecule has 12 heteroatoms. The molecule has 5 rings (SSSR count). The van der Waals surface area contributed by atoms with E-state index in [2.05, 4.69) is 25.9 Å². The number of anilines is 2. The fourth-order valence-electron chi connectivity index (χ4n) is 4.63. The summed E-state index contributed by atoms with van der Waals surface area (Å²) in [5, 5.41) is 11.1. The minimum Gasteiger partial charge on any atom is -0.466 e. The van der Waals surface area contributed by atoms with Crippen LogP contribution in [0.4, 0.5) is 10.8 Å². The minimum atomic E-state index is -0.506. The molecule has 3 amide bonds. The molecule has 2 heterocycles. The summed E-state index contributed by atoms with van der Waals surface area (Å²) >= 11 is 2.60. The highest BCUT2D eigenvalue weighted by Crippen LogP contribution is 2.29. The summed E-state index contributed by atoms with van der Waals surface area (Å²) in [6.45, 7) is 3.94. The summed E-state index contributed by atoms with van der Waals surface area (Å²) in [4.78, 5) is 59.9. The molecular weight excluding hydrogens is 635 g/mol. The van der Waals surface area contributed by atoms with E-state index >= 15 is 0 Å². The number of thioether (sulfide) groups is 1. The lowest BCUT2D eigenvalue weighted by molar-refractivity contribution is -0.142. The van der Waals surface area contributed by atoms with Crippen LogP contribution in [-0.2, 0) is 25.5 Å². The highest BCUT2D eigenvalue weighted by molar-refractivity contribution is 8.00. The van der Waals surface area contributed by atoms with Gasteiger partial charge < -0.3 is 25.7 Å². The van der Waals surface area contributed by atoms with E-state index in [4.69, 9.17) is 4.74 Å². The number of hydrogen-bond acceptors (Lipinski definition) is 8. The molecule has 240 valence electrons. The predicted octanol–water partition coefficient (Wildman–Crippen LogP) is 6.65. The Labute approximate surface area is 280 Å². The number of esters is 1. The van der Waals surface area contributed by atoms with E-state index in [9.17, 15) is 19.2 Å². The number of rotatable bonds is 13. The summed E-state index contributed by atoms with van der Waals surface area (Å²) in [7, 11) is 0. The highest BCUT2D eigenvalue weighted by Gasteiger charge is 2.21. The van der Waals surface area contributed by atoms with Gasteiger partial charge >= 0.3 is 5.97 Å². The molecule has 4 N–H and O–H groups in total. The first kappa shape index (κ1) is 33.2. The number of para-hydroxylation sites is 1. The number of amides is 3. The number of nitrogens with one attached hydrogen (secondary N) is 4. The number of nitrogens with zero attached hydrogens (tertiary/aromatic N) is 1. The Balaban J connectivity index is 1.29. The minimum absolute atomic E-state index is 0.0410. The fraction of sp³-hybridized carbons (Fsp3) is 0.171. The third-order valence-corrected chi connectivity index (χ3v) is 9.06. The van der Waals surface area contributed by atoms with Crippen LogP contribution in [0.3, 0.4) is 0 Å². The molecule has 0 spiro atoms. The second-order valence-corrected chi connectivity index (χ2v) is 12.4. The molecule has 3 aromatic carbocycles. The number of carbonyl (C=O) groups is 4. The van der Waals surface area contributed by atoms with Gasteiger partial charge in [-0.25, -0.2) is 4.98 Å². The third-order valence-electron chi connectivity index (χ3n) is 6.90. The Morgan fingerprint density at radius 3 is 2.55 bits per heavy atom. The van der Waals surface area contributed by atoms with Gasteiger partial charge in [0.1, 0.15) is 5.70 Å². The lowest BCUT2D eigenvalue weighted by Gasteiger charge is -2.15. The number of carbonyl (C=O) groups excluding carboxylic acids is 4. The number of ether oxygens (including phenoxy) is 1. The molecule has 0 aliphatic carbocycles. The lowest BCUT2D eigenvalue weighted by Crippen LogP contribution is -2.30. The van der Waals surface area contributed by atoms with Gasteiger partial charge in [-0.05, 0) is 55.8 Å². The van der Waals surface area contributed by atoms with Gasteiger partial charge in [-0.1, -0.05) is 49.4 Å². The number of aromatic amines is 1. The molecule has 5 aromatic rings. The second-order valence-electron chi connectivity index (χ2n) is 10.3. The first-order chi connectivity index (χ1) is 22.8. The number of aromatic nitrogens is 2. The number of fused-ring (bicyclic) bond motifs is 1. The first-order valence-corrected chi connectivity index (χ1v) is 16.7. The number of hydrogen-bond donors (Lipinski definition) is 4. The zero-order chi connectivity index (χ0) is 33.2. The van der Waals surface area contributed by atoms with Crippen LogP contribution in [0.2, 0.25) is 0 Å². The molecule has 1 atom stereocenters. The average molecular weight is 668 g/mol. The molecular formula is C35H33N5O5S2. The van der Waals surface area contributed by atoms with E-state index in [1.165, 1.54) is 23.1 Å². The van der Waals surface area contributed by atoms with Crippen LogP contribution in [0.1, 0.15) is 41.9 Å². The zero-order valence-corrected chi connectivity index (χ0v) is 27.4. The van der Waals surface area contributed by atoms with Crippen molar-refractivity contribution in [2.24, 2.45) is 0 Å². The van der Waals surface area contributed by atoms with Crippen LogP contribution < -0.4 is 16.0 Å². The second kappa shape index (κ2) is 15.9. The normalized spacial score (nSPS) is 11.9. The van der Waals surface area contributed by atoms with Crippen molar-refractivity contribution in [3.63, 3.8) is 0 Å². The molecule has 0 bridgehead atoms. The quantitative estimate of drug-likeness (QED) is 0.0626. The maximum Gasteiger partial charge on any atom is 0.311 e. The number of thiazole rings is 1. The molecule has 1 unspecified atom stereocenters. The zero-order valence-electron chi connectivity index (χ0n) is 25.7. The van der Waals surface area contributed by atoms with E-state index in [0.717, 1.165) is 21.4 Å². The molecule has 2 aromatic heterocycles. The van der Waals surface area contributed by atoms with Crippen LogP contribution >= 0.6 is 23.1 Å². The van der Waals surface area contributed by atoms with Gasteiger partial charge in [-0.2, -0.15) is 0 Å².